The summed E-state index contributed by atoms with van der Waals surface area (Å²) in [6.07, 6.45) is 1.58. The van der Waals surface area contributed by atoms with Gasteiger partial charge in [-0.2, -0.15) is 0 Å². The SMILES string of the molecule is CC(C)(C)c1ccc(C2=N/C(=C/c3cccc(F)c3)C(=O)N2)cc1. The number of halogens is 1. The maximum atomic E-state index is 13.2. The largest absolute Gasteiger partial charge is 0.305 e. The Morgan fingerprint density at radius 2 is 1.79 bits per heavy atom. The fraction of sp³-hybridized carbons (Fsp3) is 0.200. The number of amides is 1. The first-order chi connectivity index (χ1) is 11.3. The number of hydrogen-bond acceptors (Lipinski definition) is 2. The third-order valence-corrected chi connectivity index (χ3v) is 3.87. The Morgan fingerprint density at radius 3 is 2.42 bits per heavy atom. The van der Waals surface area contributed by atoms with Crippen molar-refractivity contribution in [2.75, 3.05) is 0 Å². The highest BCUT2D eigenvalue weighted by atomic mass is 19.1. The van der Waals surface area contributed by atoms with E-state index in [2.05, 4.69) is 31.1 Å². The molecule has 0 atom stereocenters. The quantitative estimate of drug-likeness (QED) is 0.833. The van der Waals surface area contributed by atoms with Gasteiger partial charge in [-0.25, -0.2) is 9.38 Å². The molecule has 122 valence electrons. The van der Waals surface area contributed by atoms with Crippen molar-refractivity contribution in [3.05, 3.63) is 76.7 Å². The first kappa shape index (κ1) is 16.1. The number of rotatable bonds is 2. The molecule has 24 heavy (non-hydrogen) atoms. The second-order valence-electron chi connectivity index (χ2n) is 6.83. The smallest absolute Gasteiger partial charge is 0.275 e. The van der Waals surface area contributed by atoms with Crippen molar-refractivity contribution in [2.45, 2.75) is 26.2 Å². The molecule has 1 aliphatic heterocycles. The van der Waals surface area contributed by atoms with Crippen molar-refractivity contribution < 1.29 is 9.18 Å². The number of aliphatic imine (C=N–C) groups is 1. The zero-order valence-corrected chi connectivity index (χ0v) is 13.9. The zero-order chi connectivity index (χ0) is 17.3. The third-order valence-electron chi connectivity index (χ3n) is 3.87. The van der Waals surface area contributed by atoms with Crippen molar-refractivity contribution >= 4 is 17.8 Å². The van der Waals surface area contributed by atoms with E-state index in [4.69, 9.17) is 0 Å². The summed E-state index contributed by atoms with van der Waals surface area (Å²) in [5.41, 5.74) is 3.01. The Bertz CT molecular complexity index is 843. The summed E-state index contributed by atoms with van der Waals surface area (Å²) < 4.78 is 13.2. The fourth-order valence-electron chi connectivity index (χ4n) is 2.49. The number of benzene rings is 2. The predicted molar refractivity (Wildman–Crippen MR) is 94.2 cm³/mol. The second-order valence-corrected chi connectivity index (χ2v) is 6.83. The number of nitrogens with one attached hydrogen (secondary N) is 1. The lowest BCUT2D eigenvalue weighted by atomic mass is 9.86. The highest BCUT2D eigenvalue weighted by Gasteiger charge is 2.21. The minimum Gasteiger partial charge on any atom is -0.305 e. The summed E-state index contributed by atoms with van der Waals surface area (Å²) in [7, 11) is 0. The summed E-state index contributed by atoms with van der Waals surface area (Å²) >= 11 is 0. The van der Waals surface area contributed by atoms with E-state index >= 15 is 0 Å². The van der Waals surface area contributed by atoms with Crippen LogP contribution in [0.15, 0.2) is 59.2 Å². The molecular formula is C20H19FN2O. The maximum Gasteiger partial charge on any atom is 0.275 e. The van der Waals surface area contributed by atoms with Crippen LogP contribution in [-0.2, 0) is 10.2 Å². The van der Waals surface area contributed by atoms with E-state index in [-0.39, 0.29) is 22.8 Å². The van der Waals surface area contributed by atoms with Crippen LogP contribution >= 0.6 is 0 Å². The highest BCUT2D eigenvalue weighted by molar-refractivity contribution is 6.19. The normalized spacial score (nSPS) is 16.2. The van der Waals surface area contributed by atoms with E-state index in [0.717, 1.165) is 5.56 Å². The van der Waals surface area contributed by atoms with Crippen molar-refractivity contribution in [1.82, 2.24) is 5.32 Å². The highest BCUT2D eigenvalue weighted by Crippen LogP contribution is 2.23. The van der Waals surface area contributed by atoms with Gasteiger partial charge in [0.1, 0.15) is 17.3 Å². The van der Waals surface area contributed by atoms with Crippen LogP contribution < -0.4 is 5.32 Å². The van der Waals surface area contributed by atoms with Gasteiger partial charge in [0.05, 0.1) is 0 Å². The Kier molecular flexibility index (Phi) is 4.06. The number of carbonyl (C=O) groups excluding carboxylic acids is 1. The molecule has 1 N–H and O–H groups in total. The van der Waals surface area contributed by atoms with Crippen molar-refractivity contribution in [3.63, 3.8) is 0 Å². The van der Waals surface area contributed by atoms with Gasteiger partial charge >= 0.3 is 0 Å². The van der Waals surface area contributed by atoms with E-state index in [9.17, 15) is 9.18 Å². The molecule has 0 aliphatic carbocycles. The average Bonchev–Trinajstić information content (AvgIpc) is 2.88. The molecule has 1 aliphatic rings. The number of hydrogen-bond donors (Lipinski definition) is 1. The molecule has 0 fully saturated rings. The van der Waals surface area contributed by atoms with Gasteiger partial charge in [0.25, 0.3) is 5.91 Å². The molecule has 0 radical (unpaired) electrons. The zero-order valence-electron chi connectivity index (χ0n) is 13.9. The lowest BCUT2D eigenvalue weighted by molar-refractivity contribution is -0.115. The van der Waals surface area contributed by atoms with Crippen LogP contribution in [0.1, 0.15) is 37.5 Å². The molecular weight excluding hydrogens is 303 g/mol. The van der Waals surface area contributed by atoms with Crippen LogP contribution in [0, 0.1) is 5.82 Å². The monoisotopic (exact) mass is 322 g/mol. The van der Waals surface area contributed by atoms with Crippen LogP contribution in [0.25, 0.3) is 6.08 Å². The molecule has 0 saturated carbocycles. The summed E-state index contributed by atoms with van der Waals surface area (Å²) in [4.78, 5) is 16.4. The first-order valence-electron chi connectivity index (χ1n) is 7.81. The summed E-state index contributed by atoms with van der Waals surface area (Å²) in [5.74, 6) is -0.109. The van der Waals surface area contributed by atoms with Crippen LogP contribution in [-0.4, -0.2) is 11.7 Å². The van der Waals surface area contributed by atoms with E-state index in [1.165, 1.54) is 17.7 Å². The van der Waals surface area contributed by atoms with E-state index < -0.39 is 0 Å². The van der Waals surface area contributed by atoms with Crippen molar-refractivity contribution in [2.24, 2.45) is 4.99 Å². The molecule has 3 rings (SSSR count). The van der Waals surface area contributed by atoms with Gasteiger partial charge in [0.15, 0.2) is 0 Å². The molecule has 0 bridgehead atoms. The fourth-order valence-corrected chi connectivity index (χ4v) is 2.49. The molecule has 0 aromatic heterocycles. The number of nitrogens with zero attached hydrogens (tertiary/aromatic N) is 1. The standard InChI is InChI=1S/C20H19FN2O/c1-20(2,3)15-9-7-14(8-10-15)18-22-17(19(24)23-18)12-13-5-4-6-16(21)11-13/h4-12H,1-3H3,(H,22,23,24)/b17-12+. The first-order valence-corrected chi connectivity index (χ1v) is 7.81. The Balaban J connectivity index is 1.89. The van der Waals surface area contributed by atoms with E-state index in [0.29, 0.717) is 11.4 Å². The van der Waals surface area contributed by atoms with Crippen LogP contribution in [0.4, 0.5) is 4.39 Å². The molecule has 2 aromatic rings. The van der Waals surface area contributed by atoms with Gasteiger partial charge in [-0.3, -0.25) is 4.79 Å². The van der Waals surface area contributed by atoms with Crippen molar-refractivity contribution in [1.29, 1.82) is 0 Å². The Morgan fingerprint density at radius 1 is 1.08 bits per heavy atom. The molecule has 3 nitrogen and oxygen atoms in total. The van der Waals surface area contributed by atoms with Gasteiger partial charge in [0.2, 0.25) is 0 Å². The van der Waals surface area contributed by atoms with Crippen LogP contribution in [0.3, 0.4) is 0 Å². The molecule has 2 aromatic carbocycles. The Hall–Kier alpha value is -2.75. The van der Waals surface area contributed by atoms with Gasteiger partial charge in [0, 0.05) is 5.56 Å². The van der Waals surface area contributed by atoms with E-state index in [1.807, 2.05) is 24.3 Å². The summed E-state index contributed by atoms with van der Waals surface area (Å²) in [6, 6.07) is 14.0. The second kappa shape index (κ2) is 6.04. The lowest BCUT2D eigenvalue weighted by Gasteiger charge is -2.19. The summed E-state index contributed by atoms with van der Waals surface area (Å²) in [5, 5.41) is 2.76. The van der Waals surface area contributed by atoms with Crippen LogP contribution in [0.5, 0.6) is 0 Å². The molecule has 0 unspecified atom stereocenters. The lowest BCUT2D eigenvalue weighted by Crippen LogP contribution is -2.24. The van der Waals surface area contributed by atoms with Crippen LogP contribution in [0.2, 0.25) is 0 Å². The molecule has 0 saturated heterocycles. The number of amidine groups is 1. The average molecular weight is 322 g/mol. The maximum absolute atomic E-state index is 13.2. The minimum atomic E-state index is -0.343. The summed E-state index contributed by atoms with van der Waals surface area (Å²) in [6.45, 7) is 6.45. The number of carbonyl (C=O) groups is 1. The van der Waals surface area contributed by atoms with Gasteiger partial charge < -0.3 is 5.32 Å². The van der Waals surface area contributed by atoms with Gasteiger partial charge in [-0.05, 0) is 34.8 Å². The topological polar surface area (TPSA) is 41.5 Å². The third kappa shape index (κ3) is 3.43. The predicted octanol–water partition coefficient (Wildman–Crippen LogP) is 4.04. The van der Waals surface area contributed by atoms with Gasteiger partial charge in [-0.15, -0.1) is 0 Å². The molecule has 0 spiro atoms. The minimum absolute atomic E-state index is 0.0711. The van der Waals surface area contributed by atoms with E-state index in [1.54, 1.807) is 18.2 Å². The molecule has 1 amide bonds. The molecule has 4 heteroatoms. The molecule has 1 heterocycles. The Labute approximate surface area is 140 Å². The van der Waals surface area contributed by atoms with Gasteiger partial charge in [-0.1, -0.05) is 57.2 Å². The van der Waals surface area contributed by atoms with Crippen molar-refractivity contribution in [3.8, 4) is 0 Å².